The van der Waals surface area contributed by atoms with Crippen molar-refractivity contribution in [2.45, 2.75) is 65.0 Å². The number of anilines is 1. The number of carbonyl (C=O) groups excluding carboxylic acids is 1. The number of rotatable bonds is 12. The smallest absolute Gasteiger partial charge is 0.276 e. The number of hydrogen-bond acceptors (Lipinski definition) is 6. The zero-order valence-electron chi connectivity index (χ0n) is 24.4. The van der Waals surface area contributed by atoms with Crippen LogP contribution in [0.4, 0.5) is 14.5 Å². The number of nitrogens with zero attached hydrogens (tertiary/aromatic N) is 5. The fourth-order valence-electron chi connectivity index (χ4n) is 5.37. The third kappa shape index (κ3) is 7.54. The first-order valence-electron chi connectivity index (χ1n) is 14.8. The number of alkyl halides is 2. The molecule has 0 saturated carbocycles. The Bertz CT molecular complexity index is 1480. The van der Waals surface area contributed by atoms with E-state index in [-0.39, 0.29) is 18.7 Å². The molecule has 1 saturated heterocycles. The fourth-order valence-corrected chi connectivity index (χ4v) is 5.37. The third-order valence-corrected chi connectivity index (χ3v) is 7.74. The summed E-state index contributed by atoms with van der Waals surface area (Å²) < 4.78 is 27.1. The second kappa shape index (κ2) is 13.5. The summed E-state index contributed by atoms with van der Waals surface area (Å²) in [5, 5.41) is 10.9. The Morgan fingerprint density at radius 3 is 2.60 bits per heavy atom. The van der Waals surface area contributed by atoms with E-state index in [0.29, 0.717) is 36.4 Å². The van der Waals surface area contributed by atoms with Crippen molar-refractivity contribution in [3.05, 3.63) is 71.9 Å². The van der Waals surface area contributed by atoms with E-state index in [4.69, 9.17) is 0 Å². The number of H-pyrrole nitrogens is 1. The molecular formula is C32H39F2N7O. The highest BCUT2D eigenvalue weighted by Crippen LogP contribution is 2.30. The molecule has 1 amide bonds. The van der Waals surface area contributed by atoms with E-state index in [0.717, 1.165) is 66.8 Å². The summed E-state index contributed by atoms with van der Waals surface area (Å²) >= 11 is 0. The zero-order valence-corrected chi connectivity index (χ0v) is 24.4. The minimum absolute atomic E-state index is 0.112. The number of likely N-dealkylation sites (tertiary alicyclic amines) is 1. The number of unbranched alkanes of at least 4 members (excludes halogenated alkanes) is 1. The van der Waals surface area contributed by atoms with Crippen molar-refractivity contribution in [2.75, 3.05) is 31.5 Å². The first-order chi connectivity index (χ1) is 20.3. The maximum Gasteiger partial charge on any atom is 0.276 e. The molecule has 0 bridgehead atoms. The molecule has 10 heteroatoms. The van der Waals surface area contributed by atoms with E-state index in [1.165, 1.54) is 0 Å². The molecule has 0 unspecified atom stereocenters. The second-order valence-electron chi connectivity index (χ2n) is 11.2. The summed E-state index contributed by atoms with van der Waals surface area (Å²) in [7, 11) is 0. The van der Waals surface area contributed by atoms with Gasteiger partial charge in [-0.2, -0.15) is 5.10 Å². The van der Waals surface area contributed by atoms with Crippen molar-refractivity contribution >= 4 is 22.5 Å². The summed E-state index contributed by atoms with van der Waals surface area (Å²) in [6.07, 6.45) is 8.44. The number of amides is 1. The molecule has 5 rings (SSSR count). The van der Waals surface area contributed by atoms with Crippen molar-refractivity contribution in [1.82, 2.24) is 30.0 Å². The topological polar surface area (TPSA) is 90.0 Å². The number of aromatic amines is 1. The Morgan fingerprint density at radius 1 is 1.02 bits per heavy atom. The first-order valence-corrected chi connectivity index (χ1v) is 14.8. The average Bonchev–Trinajstić information content (AvgIpc) is 3.42. The number of piperidine rings is 1. The number of pyridine rings is 2. The predicted octanol–water partition coefficient (Wildman–Crippen LogP) is 6.52. The molecule has 1 fully saturated rings. The van der Waals surface area contributed by atoms with Crippen molar-refractivity contribution in [2.24, 2.45) is 0 Å². The van der Waals surface area contributed by atoms with E-state index in [9.17, 15) is 13.6 Å². The van der Waals surface area contributed by atoms with E-state index >= 15 is 0 Å². The molecule has 3 aromatic heterocycles. The minimum atomic E-state index is -2.56. The maximum atomic E-state index is 13.5. The van der Waals surface area contributed by atoms with Crippen LogP contribution in [0.3, 0.4) is 0 Å². The molecule has 4 heterocycles. The standard InChI is InChI=1S/C32H39F2N7O/c1-3-5-13-40(12-4-2)22-27-8-7-26(20-36-27)37-31(42)30-28-17-24(6-9-29(28)38-39-30)25-16-23(18-35-19-25)21-41-14-10-32(33,34)11-15-41/h6-9,16-20H,3-5,10-15,21-22H2,1-2H3,(H,37,42)(H,38,39). The second-order valence-corrected chi connectivity index (χ2v) is 11.2. The van der Waals surface area contributed by atoms with E-state index < -0.39 is 5.92 Å². The molecule has 4 aromatic rings. The zero-order chi connectivity index (χ0) is 29.5. The number of carbonyl (C=O) groups is 1. The van der Waals surface area contributed by atoms with Gasteiger partial charge in [-0.15, -0.1) is 0 Å². The number of aromatic nitrogens is 4. The SMILES string of the molecule is CCCCN(CCC)Cc1ccc(NC(=O)c2n[nH]c3ccc(-c4cncc(CN5CCC(F)(F)CC5)c4)cc23)cn1. The number of halogens is 2. The quantitative estimate of drug-likeness (QED) is 0.200. The van der Waals surface area contributed by atoms with Gasteiger partial charge in [0.05, 0.1) is 23.1 Å². The average molecular weight is 576 g/mol. The summed E-state index contributed by atoms with van der Waals surface area (Å²) in [4.78, 5) is 26.7. The van der Waals surface area contributed by atoms with Crippen molar-refractivity contribution < 1.29 is 13.6 Å². The van der Waals surface area contributed by atoms with Gasteiger partial charge < -0.3 is 5.32 Å². The molecule has 0 atom stereocenters. The van der Waals surface area contributed by atoms with Crippen LogP contribution in [0.25, 0.3) is 22.0 Å². The van der Waals surface area contributed by atoms with Crippen molar-refractivity contribution in [1.29, 1.82) is 0 Å². The van der Waals surface area contributed by atoms with Gasteiger partial charge in [0.25, 0.3) is 11.8 Å². The molecule has 1 aromatic carbocycles. The number of hydrogen-bond donors (Lipinski definition) is 2. The lowest BCUT2D eigenvalue weighted by atomic mass is 10.0. The van der Waals surface area contributed by atoms with Gasteiger partial charge in [-0.3, -0.25) is 29.7 Å². The Kier molecular flexibility index (Phi) is 9.54. The largest absolute Gasteiger partial charge is 0.319 e. The molecule has 0 spiro atoms. The molecule has 1 aliphatic heterocycles. The van der Waals surface area contributed by atoms with Crippen LogP contribution < -0.4 is 5.32 Å². The van der Waals surface area contributed by atoms with Crippen LogP contribution in [0, 0.1) is 0 Å². The van der Waals surface area contributed by atoms with E-state index in [2.05, 4.69) is 44.2 Å². The van der Waals surface area contributed by atoms with Crippen LogP contribution in [0.15, 0.2) is 55.0 Å². The lowest BCUT2D eigenvalue weighted by Gasteiger charge is -2.31. The van der Waals surface area contributed by atoms with E-state index in [1.807, 2.05) is 41.3 Å². The fraction of sp³-hybridized carbons (Fsp3) is 0.438. The molecule has 0 aliphatic carbocycles. The van der Waals surface area contributed by atoms with Crippen molar-refractivity contribution in [3.8, 4) is 11.1 Å². The number of benzene rings is 1. The molecule has 42 heavy (non-hydrogen) atoms. The van der Waals surface area contributed by atoms with Gasteiger partial charge in [0, 0.05) is 62.4 Å². The van der Waals surface area contributed by atoms with Crippen LogP contribution in [-0.4, -0.2) is 68.0 Å². The van der Waals surface area contributed by atoms with Gasteiger partial charge in [-0.25, -0.2) is 8.78 Å². The summed E-state index contributed by atoms with van der Waals surface area (Å²) in [6.45, 7) is 8.57. The Morgan fingerprint density at radius 2 is 1.86 bits per heavy atom. The lowest BCUT2D eigenvalue weighted by molar-refractivity contribution is -0.0566. The van der Waals surface area contributed by atoms with Crippen LogP contribution in [0.2, 0.25) is 0 Å². The summed E-state index contributed by atoms with van der Waals surface area (Å²) in [5.74, 6) is -2.89. The first kappa shape index (κ1) is 29.7. The molecule has 222 valence electrons. The van der Waals surface area contributed by atoms with Crippen LogP contribution >= 0.6 is 0 Å². The van der Waals surface area contributed by atoms with Crippen LogP contribution in [0.5, 0.6) is 0 Å². The molecule has 1 aliphatic rings. The Labute approximate surface area is 245 Å². The van der Waals surface area contributed by atoms with Gasteiger partial charge in [-0.05, 0) is 67.4 Å². The van der Waals surface area contributed by atoms with Crippen LogP contribution in [0.1, 0.15) is 67.7 Å². The maximum absolute atomic E-state index is 13.5. The summed E-state index contributed by atoms with van der Waals surface area (Å²) in [5.41, 5.74) is 5.37. The molecule has 2 N–H and O–H groups in total. The van der Waals surface area contributed by atoms with E-state index in [1.54, 1.807) is 18.6 Å². The Balaban J connectivity index is 1.26. The molecule has 0 radical (unpaired) electrons. The normalized spacial score (nSPS) is 15.4. The highest BCUT2D eigenvalue weighted by Gasteiger charge is 2.33. The Hall–Kier alpha value is -3.76. The monoisotopic (exact) mass is 575 g/mol. The van der Waals surface area contributed by atoms with Gasteiger partial charge in [-0.1, -0.05) is 26.3 Å². The van der Waals surface area contributed by atoms with Gasteiger partial charge >= 0.3 is 0 Å². The van der Waals surface area contributed by atoms with Crippen LogP contribution in [-0.2, 0) is 13.1 Å². The number of nitrogens with one attached hydrogen (secondary N) is 2. The van der Waals surface area contributed by atoms with Gasteiger partial charge in [0.1, 0.15) is 0 Å². The van der Waals surface area contributed by atoms with Crippen molar-refractivity contribution in [3.63, 3.8) is 0 Å². The molecular weight excluding hydrogens is 536 g/mol. The lowest BCUT2D eigenvalue weighted by Crippen LogP contribution is -2.38. The third-order valence-electron chi connectivity index (χ3n) is 7.74. The number of fused-ring (bicyclic) bond motifs is 1. The van der Waals surface area contributed by atoms with Gasteiger partial charge in [0.2, 0.25) is 0 Å². The minimum Gasteiger partial charge on any atom is -0.319 e. The predicted molar refractivity (Wildman–Crippen MR) is 161 cm³/mol. The highest BCUT2D eigenvalue weighted by molar-refractivity contribution is 6.11. The highest BCUT2D eigenvalue weighted by atomic mass is 19.3. The molecule has 8 nitrogen and oxygen atoms in total. The van der Waals surface area contributed by atoms with Gasteiger partial charge in [0.15, 0.2) is 5.69 Å². The summed E-state index contributed by atoms with van der Waals surface area (Å²) in [6, 6.07) is 11.6.